The highest BCUT2D eigenvalue weighted by Gasteiger charge is 2.13. The number of aromatic nitrogens is 2. The molecular formula is C22H25N5O. The molecule has 2 N–H and O–H groups in total. The number of amides is 1. The molecule has 2 aromatic carbocycles. The summed E-state index contributed by atoms with van der Waals surface area (Å²) in [5, 5.41) is 6.10. The number of aryl methyl sites for hydroxylation is 2. The first-order valence-corrected chi connectivity index (χ1v) is 9.29. The Morgan fingerprint density at radius 2 is 1.75 bits per heavy atom. The van der Waals surface area contributed by atoms with Gasteiger partial charge in [0.05, 0.1) is 0 Å². The van der Waals surface area contributed by atoms with E-state index in [-0.39, 0.29) is 5.91 Å². The number of benzene rings is 2. The van der Waals surface area contributed by atoms with Gasteiger partial charge in [-0.25, -0.2) is 4.98 Å². The van der Waals surface area contributed by atoms with Crippen molar-refractivity contribution in [2.45, 2.75) is 27.7 Å². The molecule has 144 valence electrons. The van der Waals surface area contributed by atoms with E-state index >= 15 is 0 Å². The highest BCUT2D eigenvalue weighted by atomic mass is 16.1. The zero-order valence-electron chi connectivity index (χ0n) is 16.7. The van der Waals surface area contributed by atoms with E-state index in [1.807, 2.05) is 43.3 Å². The molecule has 1 amide bonds. The van der Waals surface area contributed by atoms with Gasteiger partial charge in [-0.15, -0.1) is 0 Å². The minimum absolute atomic E-state index is 0.103. The summed E-state index contributed by atoms with van der Waals surface area (Å²) >= 11 is 0. The molecule has 3 aromatic rings. The first-order valence-electron chi connectivity index (χ1n) is 9.29. The fourth-order valence-corrected chi connectivity index (χ4v) is 3.00. The molecule has 0 bridgehead atoms. The molecule has 0 fully saturated rings. The third-order valence-electron chi connectivity index (χ3n) is 4.17. The summed E-state index contributed by atoms with van der Waals surface area (Å²) in [6, 6.07) is 17.7. The van der Waals surface area contributed by atoms with Gasteiger partial charge < -0.3 is 15.5 Å². The average molecular weight is 375 g/mol. The van der Waals surface area contributed by atoms with Crippen molar-refractivity contribution in [3.8, 4) is 0 Å². The van der Waals surface area contributed by atoms with Crippen LogP contribution in [0.1, 0.15) is 25.1 Å². The molecule has 3 rings (SSSR count). The van der Waals surface area contributed by atoms with E-state index < -0.39 is 0 Å². The van der Waals surface area contributed by atoms with Crippen LogP contribution in [0.4, 0.5) is 28.8 Å². The third kappa shape index (κ3) is 4.85. The van der Waals surface area contributed by atoms with Crippen molar-refractivity contribution < 1.29 is 4.79 Å². The Morgan fingerprint density at radius 1 is 1.00 bits per heavy atom. The minimum Gasteiger partial charge on any atom is -0.340 e. The van der Waals surface area contributed by atoms with Gasteiger partial charge in [0, 0.05) is 42.3 Å². The van der Waals surface area contributed by atoms with Crippen LogP contribution in [0.3, 0.4) is 0 Å². The number of hydrogen-bond donors (Lipinski definition) is 2. The molecule has 1 heterocycles. The quantitative estimate of drug-likeness (QED) is 0.638. The van der Waals surface area contributed by atoms with Crippen LogP contribution in [0.25, 0.3) is 0 Å². The van der Waals surface area contributed by atoms with Crippen LogP contribution in [0.15, 0.2) is 54.6 Å². The van der Waals surface area contributed by atoms with Crippen molar-refractivity contribution in [1.82, 2.24) is 9.97 Å². The molecule has 6 heteroatoms. The van der Waals surface area contributed by atoms with Crippen molar-refractivity contribution in [3.05, 3.63) is 65.9 Å². The lowest BCUT2D eigenvalue weighted by Crippen LogP contribution is -2.19. The van der Waals surface area contributed by atoms with Crippen LogP contribution in [-0.4, -0.2) is 22.4 Å². The molecule has 0 aliphatic heterocycles. The summed E-state index contributed by atoms with van der Waals surface area (Å²) in [7, 11) is 0. The molecule has 6 nitrogen and oxygen atoms in total. The molecule has 0 radical (unpaired) electrons. The first kappa shape index (κ1) is 19.4. The second-order valence-corrected chi connectivity index (χ2v) is 6.66. The summed E-state index contributed by atoms with van der Waals surface area (Å²) in [6.45, 7) is 8.35. The van der Waals surface area contributed by atoms with Gasteiger partial charge in [0.25, 0.3) is 0 Å². The lowest BCUT2D eigenvalue weighted by Gasteiger charge is -2.22. The van der Waals surface area contributed by atoms with Crippen LogP contribution in [0, 0.1) is 13.8 Å². The van der Waals surface area contributed by atoms with Crippen LogP contribution in [0.5, 0.6) is 0 Å². The smallest absolute Gasteiger partial charge is 0.232 e. The van der Waals surface area contributed by atoms with Gasteiger partial charge in [0.2, 0.25) is 11.9 Å². The number of hydrogen-bond acceptors (Lipinski definition) is 5. The summed E-state index contributed by atoms with van der Waals surface area (Å²) in [5.41, 5.74) is 4.70. The summed E-state index contributed by atoms with van der Waals surface area (Å²) in [5.74, 6) is 1.25. The zero-order chi connectivity index (χ0) is 20.1. The average Bonchev–Trinajstić information content (AvgIpc) is 2.62. The van der Waals surface area contributed by atoms with Gasteiger partial charge in [-0.05, 0) is 56.7 Å². The number of carbonyl (C=O) groups is 1. The number of rotatable bonds is 6. The predicted molar refractivity (Wildman–Crippen MR) is 115 cm³/mol. The highest BCUT2D eigenvalue weighted by Crippen LogP contribution is 2.26. The molecule has 1 aromatic heterocycles. The topological polar surface area (TPSA) is 70.2 Å². The molecule has 28 heavy (non-hydrogen) atoms. The normalized spacial score (nSPS) is 10.4. The van der Waals surface area contributed by atoms with Crippen LogP contribution in [-0.2, 0) is 4.79 Å². The Hall–Kier alpha value is -3.41. The Balaban J connectivity index is 1.90. The summed E-state index contributed by atoms with van der Waals surface area (Å²) in [4.78, 5) is 22.7. The van der Waals surface area contributed by atoms with Crippen LogP contribution < -0.4 is 15.5 Å². The van der Waals surface area contributed by atoms with Gasteiger partial charge in [-0.3, -0.25) is 4.79 Å². The van der Waals surface area contributed by atoms with E-state index in [9.17, 15) is 4.79 Å². The van der Waals surface area contributed by atoms with Crippen molar-refractivity contribution in [3.63, 3.8) is 0 Å². The second kappa shape index (κ2) is 8.52. The largest absolute Gasteiger partial charge is 0.340 e. The van der Waals surface area contributed by atoms with E-state index in [1.54, 1.807) is 0 Å². The number of nitrogens with one attached hydrogen (secondary N) is 2. The number of nitrogens with zero attached hydrogens (tertiary/aromatic N) is 3. The molecule has 0 unspecified atom stereocenters. The molecule has 0 aliphatic carbocycles. The maximum absolute atomic E-state index is 11.3. The monoisotopic (exact) mass is 375 g/mol. The third-order valence-corrected chi connectivity index (χ3v) is 4.17. The number of carbonyl (C=O) groups excluding carboxylic acids is 1. The minimum atomic E-state index is -0.103. The maximum atomic E-state index is 11.3. The Kier molecular flexibility index (Phi) is 5.89. The standard InChI is InChI=1S/C22H25N5O/c1-5-27(20-11-6-8-15(2)12-20)22-23-16(3)13-21(26-22)25-19-10-7-9-18(14-19)24-17(4)28/h6-14H,5H2,1-4H3,(H,24,28)(H,23,25,26). The van der Waals surface area contributed by atoms with Gasteiger partial charge in [0.1, 0.15) is 5.82 Å². The maximum Gasteiger partial charge on any atom is 0.232 e. The molecule has 0 saturated carbocycles. The van der Waals surface area contributed by atoms with Gasteiger partial charge >= 0.3 is 0 Å². The molecule has 0 atom stereocenters. The molecule has 0 saturated heterocycles. The first-order chi connectivity index (χ1) is 13.4. The Bertz CT molecular complexity index is 986. The van der Waals surface area contributed by atoms with Gasteiger partial charge in [-0.2, -0.15) is 4.98 Å². The molecular weight excluding hydrogens is 350 g/mol. The fourth-order valence-electron chi connectivity index (χ4n) is 3.00. The van der Waals surface area contributed by atoms with Gasteiger partial charge in [0.15, 0.2) is 0 Å². The van der Waals surface area contributed by atoms with E-state index in [2.05, 4.69) is 52.6 Å². The lowest BCUT2D eigenvalue weighted by molar-refractivity contribution is -0.114. The van der Waals surface area contributed by atoms with E-state index in [0.29, 0.717) is 11.8 Å². The van der Waals surface area contributed by atoms with Crippen LogP contribution in [0.2, 0.25) is 0 Å². The highest BCUT2D eigenvalue weighted by molar-refractivity contribution is 5.89. The van der Waals surface area contributed by atoms with E-state index in [0.717, 1.165) is 29.3 Å². The van der Waals surface area contributed by atoms with E-state index in [1.165, 1.54) is 12.5 Å². The Morgan fingerprint density at radius 3 is 2.46 bits per heavy atom. The second-order valence-electron chi connectivity index (χ2n) is 6.66. The summed E-state index contributed by atoms with van der Waals surface area (Å²) in [6.07, 6.45) is 0. The Labute approximate surface area is 165 Å². The van der Waals surface area contributed by atoms with Crippen molar-refractivity contribution >= 4 is 34.7 Å². The SMILES string of the molecule is CCN(c1cccc(C)c1)c1nc(C)cc(Nc2cccc(NC(C)=O)c2)n1. The zero-order valence-corrected chi connectivity index (χ0v) is 16.7. The lowest BCUT2D eigenvalue weighted by atomic mass is 10.2. The van der Waals surface area contributed by atoms with E-state index in [4.69, 9.17) is 4.98 Å². The van der Waals surface area contributed by atoms with Crippen molar-refractivity contribution in [1.29, 1.82) is 0 Å². The van der Waals surface area contributed by atoms with Crippen molar-refractivity contribution in [2.24, 2.45) is 0 Å². The van der Waals surface area contributed by atoms with Crippen molar-refractivity contribution in [2.75, 3.05) is 22.1 Å². The van der Waals surface area contributed by atoms with Gasteiger partial charge in [-0.1, -0.05) is 18.2 Å². The number of anilines is 5. The van der Waals surface area contributed by atoms with Crippen LogP contribution >= 0.6 is 0 Å². The molecule has 0 spiro atoms. The molecule has 0 aliphatic rings. The fraction of sp³-hybridized carbons (Fsp3) is 0.227. The summed E-state index contributed by atoms with van der Waals surface area (Å²) < 4.78 is 0. The predicted octanol–water partition coefficient (Wildman–Crippen LogP) is 4.95.